The molecule has 0 N–H and O–H groups in total. The highest BCUT2D eigenvalue weighted by Gasteiger charge is 2.22. The van der Waals surface area contributed by atoms with Gasteiger partial charge in [0.25, 0.3) is 5.91 Å². The fourth-order valence-corrected chi connectivity index (χ4v) is 3.13. The maximum atomic E-state index is 12.3. The lowest BCUT2D eigenvalue weighted by molar-refractivity contribution is -0.136. The minimum atomic E-state index is -0.577. The van der Waals surface area contributed by atoms with Crippen LogP contribution in [0.5, 0.6) is 0 Å². The Morgan fingerprint density at radius 3 is 2.27 bits per heavy atom. The van der Waals surface area contributed by atoms with Crippen LogP contribution >= 0.6 is 11.6 Å². The molecule has 1 fully saturated rings. The fraction of sp³-hybridized carbons (Fsp3) is 0.300. The van der Waals surface area contributed by atoms with Gasteiger partial charge in [-0.05, 0) is 17.7 Å². The molecular weight excluding hydrogens is 352 g/mol. The molecule has 6 heteroatoms. The fourth-order valence-electron chi connectivity index (χ4n) is 2.92. The predicted octanol–water partition coefficient (Wildman–Crippen LogP) is 2.84. The maximum absolute atomic E-state index is 12.3. The zero-order chi connectivity index (χ0) is 18.4. The molecule has 0 radical (unpaired) electrons. The van der Waals surface area contributed by atoms with Gasteiger partial charge in [0.05, 0.1) is 10.6 Å². The number of carbonyl (C=O) groups is 2. The summed E-state index contributed by atoms with van der Waals surface area (Å²) in [6, 6.07) is 16.9. The van der Waals surface area contributed by atoms with Crippen LogP contribution < -0.4 is 0 Å². The average molecular weight is 373 g/mol. The van der Waals surface area contributed by atoms with E-state index in [0.717, 1.165) is 19.6 Å². The smallest absolute Gasteiger partial charge is 0.340 e. The number of benzene rings is 2. The number of esters is 1. The van der Waals surface area contributed by atoms with E-state index in [0.29, 0.717) is 18.1 Å². The van der Waals surface area contributed by atoms with Crippen molar-refractivity contribution in [2.24, 2.45) is 0 Å². The number of piperazine rings is 1. The van der Waals surface area contributed by atoms with Crippen LogP contribution in [0.1, 0.15) is 15.9 Å². The topological polar surface area (TPSA) is 49.9 Å². The molecule has 0 aromatic heterocycles. The molecule has 26 heavy (non-hydrogen) atoms. The molecule has 2 aromatic rings. The second-order valence-electron chi connectivity index (χ2n) is 6.20. The van der Waals surface area contributed by atoms with E-state index in [4.69, 9.17) is 16.3 Å². The zero-order valence-electron chi connectivity index (χ0n) is 14.4. The van der Waals surface area contributed by atoms with E-state index in [1.165, 1.54) is 5.56 Å². The molecule has 0 saturated carbocycles. The van der Waals surface area contributed by atoms with Gasteiger partial charge in [-0.3, -0.25) is 9.69 Å². The third-order valence-corrected chi connectivity index (χ3v) is 4.72. The van der Waals surface area contributed by atoms with E-state index in [-0.39, 0.29) is 18.1 Å². The molecule has 2 aromatic carbocycles. The van der Waals surface area contributed by atoms with Gasteiger partial charge in [0.2, 0.25) is 0 Å². The van der Waals surface area contributed by atoms with Crippen molar-refractivity contribution in [1.29, 1.82) is 0 Å². The number of nitrogens with zero attached hydrogens (tertiary/aromatic N) is 2. The van der Waals surface area contributed by atoms with E-state index in [1.807, 2.05) is 18.2 Å². The Kier molecular flexibility index (Phi) is 6.26. The number of hydrogen-bond donors (Lipinski definition) is 0. The normalized spacial score (nSPS) is 14.9. The highest BCUT2D eigenvalue weighted by Crippen LogP contribution is 2.16. The third kappa shape index (κ3) is 4.84. The van der Waals surface area contributed by atoms with Gasteiger partial charge < -0.3 is 9.64 Å². The van der Waals surface area contributed by atoms with Crippen LogP contribution in [-0.2, 0) is 16.1 Å². The van der Waals surface area contributed by atoms with Gasteiger partial charge in [-0.25, -0.2) is 4.79 Å². The number of hydrogen-bond acceptors (Lipinski definition) is 4. The SMILES string of the molecule is O=C(OCC(=O)N1CCN(Cc2ccccc2)CC1)c1ccccc1Cl. The van der Waals surface area contributed by atoms with Crippen LogP contribution in [0.3, 0.4) is 0 Å². The monoisotopic (exact) mass is 372 g/mol. The van der Waals surface area contributed by atoms with Crippen LogP contribution in [0.15, 0.2) is 54.6 Å². The van der Waals surface area contributed by atoms with E-state index < -0.39 is 5.97 Å². The van der Waals surface area contributed by atoms with E-state index in [1.54, 1.807) is 29.2 Å². The molecule has 1 aliphatic rings. The molecule has 1 saturated heterocycles. The summed E-state index contributed by atoms with van der Waals surface area (Å²) in [7, 11) is 0. The minimum absolute atomic E-state index is 0.176. The largest absolute Gasteiger partial charge is 0.452 e. The Bertz CT molecular complexity index is 759. The quantitative estimate of drug-likeness (QED) is 0.757. The van der Waals surface area contributed by atoms with Crippen molar-refractivity contribution in [3.8, 4) is 0 Å². The number of halogens is 1. The van der Waals surface area contributed by atoms with Gasteiger partial charge in [-0.1, -0.05) is 54.1 Å². The number of ether oxygens (including phenoxy) is 1. The molecule has 1 amide bonds. The lowest BCUT2D eigenvalue weighted by Crippen LogP contribution is -2.49. The Hall–Kier alpha value is -2.37. The lowest BCUT2D eigenvalue weighted by atomic mass is 10.2. The van der Waals surface area contributed by atoms with Gasteiger partial charge in [0.1, 0.15) is 0 Å². The number of amides is 1. The van der Waals surface area contributed by atoms with Crippen molar-refractivity contribution in [2.75, 3.05) is 32.8 Å². The second kappa shape index (κ2) is 8.83. The van der Waals surface area contributed by atoms with Gasteiger partial charge in [0, 0.05) is 32.7 Å². The highest BCUT2D eigenvalue weighted by molar-refractivity contribution is 6.33. The molecule has 0 bridgehead atoms. The van der Waals surface area contributed by atoms with Crippen molar-refractivity contribution in [1.82, 2.24) is 9.80 Å². The number of carbonyl (C=O) groups excluding carboxylic acids is 2. The van der Waals surface area contributed by atoms with Gasteiger partial charge in [-0.15, -0.1) is 0 Å². The van der Waals surface area contributed by atoms with Crippen LogP contribution in [0.4, 0.5) is 0 Å². The Morgan fingerprint density at radius 1 is 0.923 bits per heavy atom. The summed E-state index contributed by atoms with van der Waals surface area (Å²) in [4.78, 5) is 28.4. The summed E-state index contributed by atoms with van der Waals surface area (Å²) in [5.41, 5.74) is 1.54. The summed E-state index contributed by atoms with van der Waals surface area (Å²) in [6.45, 7) is 3.50. The summed E-state index contributed by atoms with van der Waals surface area (Å²) in [5.74, 6) is -0.753. The standard InChI is InChI=1S/C20H21ClN2O3/c21-18-9-5-4-8-17(18)20(25)26-15-19(24)23-12-10-22(11-13-23)14-16-6-2-1-3-7-16/h1-9H,10-15H2. The van der Waals surface area contributed by atoms with E-state index >= 15 is 0 Å². The molecule has 0 unspecified atom stereocenters. The average Bonchev–Trinajstić information content (AvgIpc) is 2.67. The first kappa shape index (κ1) is 18.4. The van der Waals surface area contributed by atoms with Gasteiger partial charge in [0.15, 0.2) is 6.61 Å². The molecule has 136 valence electrons. The van der Waals surface area contributed by atoms with Crippen molar-refractivity contribution < 1.29 is 14.3 Å². The van der Waals surface area contributed by atoms with Crippen molar-refractivity contribution in [3.05, 3.63) is 70.7 Å². The van der Waals surface area contributed by atoms with Crippen LogP contribution in [0.25, 0.3) is 0 Å². The van der Waals surface area contributed by atoms with Gasteiger partial charge >= 0.3 is 5.97 Å². The lowest BCUT2D eigenvalue weighted by Gasteiger charge is -2.34. The molecule has 0 atom stereocenters. The second-order valence-corrected chi connectivity index (χ2v) is 6.61. The molecule has 3 rings (SSSR count). The zero-order valence-corrected chi connectivity index (χ0v) is 15.2. The first-order valence-corrected chi connectivity index (χ1v) is 8.97. The Balaban J connectivity index is 1.44. The first-order chi connectivity index (χ1) is 12.6. The molecule has 5 nitrogen and oxygen atoms in total. The van der Waals surface area contributed by atoms with Crippen LogP contribution in [-0.4, -0.2) is 54.5 Å². The Morgan fingerprint density at radius 2 is 1.58 bits per heavy atom. The van der Waals surface area contributed by atoms with Gasteiger partial charge in [-0.2, -0.15) is 0 Å². The van der Waals surface area contributed by atoms with Crippen LogP contribution in [0, 0.1) is 0 Å². The van der Waals surface area contributed by atoms with Crippen molar-refractivity contribution in [2.45, 2.75) is 6.54 Å². The molecule has 0 aliphatic carbocycles. The first-order valence-electron chi connectivity index (χ1n) is 8.59. The number of rotatable bonds is 5. The summed E-state index contributed by atoms with van der Waals surface area (Å²) >= 11 is 5.96. The van der Waals surface area contributed by atoms with E-state index in [9.17, 15) is 9.59 Å². The molecule has 1 heterocycles. The summed E-state index contributed by atoms with van der Waals surface area (Å²) in [6.07, 6.45) is 0. The van der Waals surface area contributed by atoms with Crippen molar-refractivity contribution in [3.63, 3.8) is 0 Å². The summed E-state index contributed by atoms with van der Waals surface area (Å²) in [5, 5.41) is 0.319. The minimum Gasteiger partial charge on any atom is -0.452 e. The third-order valence-electron chi connectivity index (χ3n) is 4.39. The predicted molar refractivity (Wildman–Crippen MR) is 100 cm³/mol. The van der Waals surface area contributed by atoms with Crippen molar-refractivity contribution >= 4 is 23.5 Å². The summed E-state index contributed by atoms with van der Waals surface area (Å²) < 4.78 is 5.12. The highest BCUT2D eigenvalue weighted by atomic mass is 35.5. The van der Waals surface area contributed by atoms with Crippen LogP contribution in [0.2, 0.25) is 5.02 Å². The Labute approximate surface area is 158 Å². The molecule has 1 aliphatic heterocycles. The molecule has 0 spiro atoms. The van der Waals surface area contributed by atoms with E-state index in [2.05, 4.69) is 17.0 Å². The maximum Gasteiger partial charge on any atom is 0.340 e. The molecular formula is C20H21ClN2O3.